The summed E-state index contributed by atoms with van der Waals surface area (Å²) in [5.74, 6) is -1.28. The number of nitrogens with one attached hydrogen (secondary N) is 1. The number of fused-ring (bicyclic) bond motifs is 2. The Morgan fingerprint density at radius 3 is 2.38 bits per heavy atom. The summed E-state index contributed by atoms with van der Waals surface area (Å²) < 4.78 is 74.7. The Kier molecular flexibility index (Phi) is 9.40. The van der Waals surface area contributed by atoms with E-state index in [1.807, 2.05) is 12.2 Å². The van der Waals surface area contributed by atoms with Crippen LogP contribution in [0.4, 0.5) is 13.2 Å². The maximum Gasteiger partial charge on any atom is 0.405 e. The molecule has 1 unspecified atom stereocenters. The molecule has 1 N–H and O–H groups in total. The van der Waals surface area contributed by atoms with E-state index in [1.165, 1.54) is 42.2 Å². The maximum absolute atomic E-state index is 13.8. The number of ether oxygens (including phenoxy) is 1. The molecule has 17 heteroatoms. The molecular formula is C31H31BrF3N7O5S. The molecule has 4 aromatic heterocycles. The summed E-state index contributed by atoms with van der Waals surface area (Å²) in [4.78, 5) is 43.4. The predicted octanol–water partition coefficient (Wildman–Crippen LogP) is 5.66. The summed E-state index contributed by atoms with van der Waals surface area (Å²) in [7, 11) is -4.12. The highest BCUT2D eigenvalue weighted by Gasteiger charge is 2.31. The van der Waals surface area contributed by atoms with Crippen molar-refractivity contribution >= 4 is 60.0 Å². The zero-order valence-electron chi connectivity index (χ0n) is 26.5. The molecule has 0 spiro atoms. The quantitative estimate of drug-likeness (QED) is 0.188. The third-order valence-corrected chi connectivity index (χ3v) is 9.20. The summed E-state index contributed by atoms with van der Waals surface area (Å²) in [5.41, 5.74) is 0.776. The van der Waals surface area contributed by atoms with Gasteiger partial charge in [0.05, 0.1) is 17.5 Å². The van der Waals surface area contributed by atoms with Crippen LogP contribution in [0.25, 0.3) is 33.6 Å². The molecule has 0 aliphatic heterocycles. The van der Waals surface area contributed by atoms with Crippen LogP contribution < -0.4 is 5.32 Å². The van der Waals surface area contributed by atoms with Gasteiger partial charge < -0.3 is 14.6 Å². The highest BCUT2D eigenvalue weighted by Crippen LogP contribution is 2.33. The first-order chi connectivity index (χ1) is 22.3. The van der Waals surface area contributed by atoms with Crippen molar-refractivity contribution in [3.8, 4) is 11.4 Å². The van der Waals surface area contributed by atoms with E-state index >= 15 is 0 Å². The zero-order chi connectivity index (χ0) is 35.2. The van der Waals surface area contributed by atoms with E-state index in [9.17, 15) is 31.2 Å². The number of aromatic nitrogens is 6. The van der Waals surface area contributed by atoms with E-state index in [-0.39, 0.29) is 51.8 Å². The molecule has 0 radical (unpaired) electrons. The minimum atomic E-state index is -4.64. The molecule has 0 aliphatic rings. The Morgan fingerprint density at radius 2 is 1.73 bits per heavy atom. The van der Waals surface area contributed by atoms with Crippen LogP contribution in [0.5, 0.6) is 0 Å². The molecule has 0 bridgehead atoms. The normalized spacial score (nSPS) is 13.2. The van der Waals surface area contributed by atoms with Gasteiger partial charge in [-0.05, 0) is 68.7 Å². The van der Waals surface area contributed by atoms with Crippen molar-refractivity contribution in [1.29, 1.82) is 0 Å². The number of imidazole rings is 1. The first-order valence-electron chi connectivity index (χ1n) is 14.6. The van der Waals surface area contributed by atoms with E-state index < -0.39 is 46.3 Å². The lowest BCUT2D eigenvalue weighted by Gasteiger charge is -2.20. The van der Waals surface area contributed by atoms with Crippen LogP contribution in [-0.4, -0.2) is 67.1 Å². The molecule has 254 valence electrons. The predicted molar refractivity (Wildman–Crippen MR) is 173 cm³/mol. The summed E-state index contributed by atoms with van der Waals surface area (Å²) in [6.45, 7) is 6.80. The van der Waals surface area contributed by atoms with Crippen LogP contribution in [0.2, 0.25) is 0 Å². The molecule has 0 fully saturated rings. The Balaban J connectivity index is 1.64. The second kappa shape index (κ2) is 12.9. The summed E-state index contributed by atoms with van der Waals surface area (Å²) >= 11 is 3.38. The second-order valence-corrected chi connectivity index (χ2v) is 14.8. The van der Waals surface area contributed by atoms with Crippen molar-refractivity contribution in [2.45, 2.75) is 70.2 Å². The van der Waals surface area contributed by atoms with Crippen molar-refractivity contribution in [2.75, 3.05) is 6.54 Å². The lowest BCUT2D eigenvalue weighted by Crippen LogP contribution is -2.38. The topological polar surface area (TPSA) is 151 Å². The monoisotopic (exact) mass is 749 g/mol. The van der Waals surface area contributed by atoms with E-state index in [0.29, 0.717) is 9.86 Å². The number of amides is 1. The van der Waals surface area contributed by atoms with Gasteiger partial charge >= 0.3 is 12.1 Å². The minimum Gasteiger partial charge on any atom is -0.460 e. The number of alkyl halides is 3. The van der Waals surface area contributed by atoms with E-state index in [0.717, 1.165) is 9.54 Å². The number of halogens is 4. The van der Waals surface area contributed by atoms with Crippen molar-refractivity contribution in [3.05, 3.63) is 64.8 Å². The van der Waals surface area contributed by atoms with Crippen LogP contribution >= 0.6 is 15.9 Å². The molecule has 1 amide bonds. The third kappa shape index (κ3) is 7.51. The first kappa shape index (κ1) is 34.9. The van der Waals surface area contributed by atoms with Gasteiger partial charge in [0.15, 0.2) is 17.1 Å². The van der Waals surface area contributed by atoms with Crippen LogP contribution in [-0.2, 0) is 30.8 Å². The van der Waals surface area contributed by atoms with E-state index in [2.05, 4.69) is 35.9 Å². The number of esters is 1. The molecule has 0 saturated heterocycles. The molecule has 12 nitrogen and oxygen atoms in total. The fourth-order valence-electron chi connectivity index (χ4n) is 4.95. The van der Waals surface area contributed by atoms with Gasteiger partial charge in [-0.1, -0.05) is 17.7 Å². The highest BCUT2D eigenvalue weighted by molar-refractivity contribution is 9.10. The number of carbonyl (C=O) groups excluding carboxylic acids is 2. The molecular weight excluding hydrogens is 719 g/mol. The average molecular weight is 751 g/mol. The maximum atomic E-state index is 13.8. The molecule has 5 aromatic rings. The summed E-state index contributed by atoms with van der Waals surface area (Å²) in [6.07, 6.45) is -0.663. The van der Waals surface area contributed by atoms with Crippen LogP contribution in [0.15, 0.2) is 58.3 Å². The fraction of sp³-hybridized carbons (Fsp3) is 0.355. The number of carbonyl (C=O) groups is 2. The SMILES string of the molecule is Cc1ccc(S(=O)(=O)n2cc(-c3ncc4nc(CCC(=O)OC(C)(C)C)n(C(C)C(=O)NCC(F)(F)F)c4n3)c3cc(Br)cnc32)cc1. The molecule has 0 saturated carbocycles. The lowest BCUT2D eigenvalue weighted by molar-refractivity contribution is -0.154. The van der Waals surface area contributed by atoms with Crippen molar-refractivity contribution < 1.29 is 35.9 Å². The van der Waals surface area contributed by atoms with Crippen LogP contribution in [0.1, 0.15) is 51.5 Å². The van der Waals surface area contributed by atoms with Crippen LogP contribution in [0.3, 0.4) is 0 Å². The van der Waals surface area contributed by atoms with Crippen molar-refractivity contribution in [3.63, 3.8) is 0 Å². The number of aryl methyl sites for hydroxylation is 2. The molecule has 1 aromatic carbocycles. The number of benzene rings is 1. The smallest absolute Gasteiger partial charge is 0.405 e. The van der Waals surface area contributed by atoms with Gasteiger partial charge in [0.2, 0.25) is 5.91 Å². The number of pyridine rings is 1. The van der Waals surface area contributed by atoms with Gasteiger partial charge in [0.1, 0.15) is 29.5 Å². The average Bonchev–Trinajstić information content (AvgIpc) is 3.55. The van der Waals surface area contributed by atoms with Gasteiger partial charge in [0.25, 0.3) is 10.0 Å². The third-order valence-electron chi connectivity index (χ3n) is 7.11. The summed E-state index contributed by atoms with van der Waals surface area (Å²) in [6, 6.07) is 6.74. The summed E-state index contributed by atoms with van der Waals surface area (Å²) in [5, 5.41) is 2.26. The number of nitrogens with zero attached hydrogens (tertiary/aromatic N) is 6. The van der Waals surface area contributed by atoms with E-state index in [4.69, 9.17) is 4.74 Å². The fourth-order valence-corrected chi connectivity index (χ4v) is 6.60. The highest BCUT2D eigenvalue weighted by atomic mass is 79.9. The molecule has 5 rings (SSSR count). The second-order valence-electron chi connectivity index (χ2n) is 12.1. The zero-order valence-corrected chi connectivity index (χ0v) is 28.9. The largest absolute Gasteiger partial charge is 0.460 e. The van der Waals surface area contributed by atoms with Gasteiger partial charge in [0, 0.05) is 34.2 Å². The Morgan fingerprint density at radius 1 is 1.04 bits per heavy atom. The Hall–Kier alpha value is -4.38. The number of rotatable bonds is 9. The molecule has 4 heterocycles. The van der Waals surface area contributed by atoms with Crippen molar-refractivity contribution in [1.82, 2.24) is 33.8 Å². The Labute approximate surface area is 281 Å². The number of hydrogen-bond acceptors (Lipinski definition) is 9. The van der Waals surface area contributed by atoms with Crippen LogP contribution in [0, 0.1) is 6.92 Å². The van der Waals surface area contributed by atoms with Gasteiger partial charge in [-0.3, -0.25) is 9.59 Å². The molecule has 48 heavy (non-hydrogen) atoms. The van der Waals surface area contributed by atoms with Gasteiger partial charge in [-0.25, -0.2) is 32.3 Å². The van der Waals surface area contributed by atoms with Gasteiger partial charge in [-0.2, -0.15) is 13.2 Å². The standard InChI is InChI=1S/C31H31BrF3N7O5S/c1-17-6-8-20(9-7-17)48(45,46)41-15-22(21-12-19(32)13-37-27(21)41)26-36-14-23-28(40-26)42(18(2)29(44)38-16-31(33,34)35)24(39-23)10-11-25(43)47-30(3,4)5/h6-9,12-15,18H,10-11,16H2,1-5H3,(H,38,44). The molecule has 1 atom stereocenters. The van der Waals surface area contributed by atoms with Gasteiger partial charge in [-0.15, -0.1) is 0 Å². The minimum absolute atomic E-state index is 0.0253. The van der Waals surface area contributed by atoms with E-state index in [1.54, 1.807) is 39.0 Å². The Bertz CT molecular complexity index is 2140. The molecule has 0 aliphatic carbocycles. The number of hydrogen-bond donors (Lipinski definition) is 1. The first-order valence-corrected chi connectivity index (χ1v) is 16.9. The lowest BCUT2D eigenvalue weighted by atomic mass is 10.2. The van der Waals surface area contributed by atoms with Crippen molar-refractivity contribution in [2.24, 2.45) is 0 Å².